The van der Waals surface area contributed by atoms with E-state index in [9.17, 15) is 10.2 Å². The second-order valence-electron chi connectivity index (χ2n) is 6.66. The quantitative estimate of drug-likeness (QED) is 0.647. The van der Waals surface area contributed by atoms with Crippen molar-refractivity contribution in [1.29, 1.82) is 0 Å². The van der Waals surface area contributed by atoms with E-state index in [0.717, 1.165) is 25.7 Å². The Morgan fingerprint density at radius 2 is 1.60 bits per heavy atom. The van der Waals surface area contributed by atoms with Crippen molar-refractivity contribution >= 4 is 0 Å². The zero-order valence-electron chi connectivity index (χ0n) is 10.4. The normalized spacial score (nSPS) is 54.0. The van der Waals surface area contributed by atoms with E-state index in [1.54, 1.807) is 0 Å². The number of aliphatic hydroxyl groups excluding tert-OH is 1. The third kappa shape index (κ3) is 1.31. The van der Waals surface area contributed by atoms with Gasteiger partial charge in [-0.2, -0.15) is 0 Å². The van der Waals surface area contributed by atoms with Crippen LogP contribution in [0.4, 0.5) is 0 Å². The van der Waals surface area contributed by atoms with Gasteiger partial charge < -0.3 is 10.2 Å². The minimum atomic E-state index is -0.547. The van der Waals surface area contributed by atoms with Gasteiger partial charge in [-0.25, -0.2) is 0 Å². The topological polar surface area (TPSA) is 40.5 Å². The van der Waals surface area contributed by atoms with Crippen molar-refractivity contribution in [2.45, 2.75) is 65.1 Å². The fourth-order valence-electron chi connectivity index (χ4n) is 4.08. The molecule has 88 valence electrons. The molecule has 0 heterocycles. The summed E-state index contributed by atoms with van der Waals surface area (Å²) < 4.78 is 0. The molecule has 0 aliphatic heterocycles. The average Bonchev–Trinajstić information content (AvgIpc) is 2.34. The highest BCUT2D eigenvalue weighted by Crippen LogP contribution is 2.62. The first kappa shape index (κ1) is 11.4. The molecule has 15 heavy (non-hydrogen) atoms. The molecule has 2 fully saturated rings. The summed E-state index contributed by atoms with van der Waals surface area (Å²) in [5, 5.41) is 20.6. The van der Waals surface area contributed by atoms with Gasteiger partial charge in [0.2, 0.25) is 0 Å². The van der Waals surface area contributed by atoms with E-state index >= 15 is 0 Å². The second-order valence-corrected chi connectivity index (χ2v) is 6.66. The van der Waals surface area contributed by atoms with Crippen molar-refractivity contribution in [2.75, 3.05) is 0 Å². The maximum Gasteiger partial charge on any atom is 0.0676 e. The van der Waals surface area contributed by atoms with Crippen LogP contribution in [0.25, 0.3) is 0 Å². The van der Waals surface area contributed by atoms with E-state index < -0.39 is 5.60 Å². The number of hydrogen-bond donors (Lipinski definition) is 2. The van der Waals surface area contributed by atoms with Gasteiger partial charge in [-0.05, 0) is 49.4 Å². The highest BCUT2D eigenvalue weighted by atomic mass is 16.3. The van der Waals surface area contributed by atoms with E-state index in [4.69, 9.17) is 0 Å². The lowest BCUT2D eigenvalue weighted by atomic mass is 9.54. The monoisotopic (exact) mass is 212 g/mol. The van der Waals surface area contributed by atoms with Gasteiger partial charge in [-0.3, -0.25) is 0 Å². The van der Waals surface area contributed by atoms with Crippen molar-refractivity contribution in [2.24, 2.45) is 16.7 Å². The summed E-state index contributed by atoms with van der Waals surface area (Å²) >= 11 is 0. The first-order chi connectivity index (χ1) is 6.72. The summed E-state index contributed by atoms with van der Waals surface area (Å²) in [5.74, 6) is 0.448. The third-order valence-electron chi connectivity index (χ3n) is 5.61. The summed E-state index contributed by atoms with van der Waals surface area (Å²) in [6, 6.07) is 0. The molecule has 0 spiro atoms. The molecule has 0 saturated heterocycles. The lowest BCUT2D eigenvalue weighted by Gasteiger charge is -2.53. The standard InChI is InChI=1S/C13H24O2/c1-11(2)9-5-8-13(4,15)12(9,3)7-6-10(11)14/h9-10,14-15H,5-8H2,1-4H3/t9-,10-,12-,13?/m0/s1. The fraction of sp³-hybridized carbons (Fsp3) is 1.00. The summed E-state index contributed by atoms with van der Waals surface area (Å²) in [6.07, 6.45) is 3.51. The van der Waals surface area contributed by atoms with Crippen molar-refractivity contribution in [3.63, 3.8) is 0 Å². The van der Waals surface area contributed by atoms with Crippen molar-refractivity contribution in [3.05, 3.63) is 0 Å². The third-order valence-corrected chi connectivity index (χ3v) is 5.61. The number of rotatable bonds is 0. The molecular weight excluding hydrogens is 188 g/mol. The van der Waals surface area contributed by atoms with Gasteiger partial charge in [0.05, 0.1) is 11.7 Å². The average molecular weight is 212 g/mol. The Balaban J connectivity index is 2.38. The van der Waals surface area contributed by atoms with E-state index in [0.29, 0.717) is 5.92 Å². The maximum absolute atomic E-state index is 10.5. The van der Waals surface area contributed by atoms with Crippen LogP contribution < -0.4 is 0 Å². The van der Waals surface area contributed by atoms with E-state index in [1.165, 1.54) is 0 Å². The molecule has 0 amide bonds. The molecule has 0 aromatic rings. The molecule has 0 aromatic carbocycles. The van der Waals surface area contributed by atoms with Crippen LogP contribution in [0.5, 0.6) is 0 Å². The Bertz CT molecular complexity index is 270. The van der Waals surface area contributed by atoms with Crippen molar-refractivity contribution in [1.82, 2.24) is 0 Å². The van der Waals surface area contributed by atoms with Crippen molar-refractivity contribution < 1.29 is 10.2 Å². The predicted molar refractivity (Wildman–Crippen MR) is 60.5 cm³/mol. The SMILES string of the molecule is CC1(C)[C@@H](O)CC[C@@]2(C)[C@H]1CCC2(C)O. The number of hydrogen-bond acceptors (Lipinski definition) is 2. The minimum absolute atomic E-state index is 0.00424. The summed E-state index contributed by atoms with van der Waals surface area (Å²) in [7, 11) is 0. The van der Waals surface area contributed by atoms with Gasteiger partial charge in [0, 0.05) is 0 Å². The smallest absolute Gasteiger partial charge is 0.0676 e. The molecule has 2 aliphatic carbocycles. The Hall–Kier alpha value is -0.0800. The summed E-state index contributed by atoms with van der Waals surface area (Å²) in [4.78, 5) is 0. The molecule has 0 bridgehead atoms. The second kappa shape index (κ2) is 2.98. The zero-order valence-corrected chi connectivity index (χ0v) is 10.4. The van der Waals surface area contributed by atoms with Crippen LogP contribution >= 0.6 is 0 Å². The van der Waals surface area contributed by atoms with E-state index in [1.807, 2.05) is 6.92 Å². The van der Waals surface area contributed by atoms with Gasteiger partial charge in [-0.1, -0.05) is 20.8 Å². The van der Waals surface area contributed by atoms with Gasteiger partial charge in [0.1, 0.15) is 0 Å². The molecule has 2 N–H and O–H groups in total. The fourth-order valence-corrected chi connectivity index (χ4v) is 4.08. The van der Waals surface area contributed by atoms with Gasteiger partial charge in [0.25, 0.3) is 0 Å². The van der Waals surface area contributed by atoms with E-state index in [2.05, 4.69) is 20.8 Å². The lowest BCUT2D eigenvalue weighted by molar-refractivity contribution is -0.141. The van der Waals surface area contributed by atoms with Crippen LogP contribution in [0.15, 0.2) is 0 Å². The van der Waals surface area contributed by atoms with Crippen LogP contribution in [0.1, 0.15) is 53.4 Å². The Kier molecular flexibility index (Phi) is 2.27. The first-order valence-corrected chi connectivity index (χ1v) is 6.12. The highest BCUT2D eigenvalue weighted by molar-refractivity contribution is 5.11. The maximum atomic E-state index is 10.5. The van der Waals surface area contributed by atoms with Crippen LogP contribution in [0.2, 0.25) is 0 Å². The molecule has 0 aromatic heterocycles. The van der Waals surface area contributed by atoms with Crippen molar-refractivity contribution in [3.8, 4) is 0 Å². The first-order valence-electron chi connectivity index (χ1n) is 6.12. The number of aliphatic hydroxyl groups is 2. The van der Waals surface area contributed by atoms with Crippen LogP contribution in [0, 0.1) is 16.7 Å². The summed E-state index contributed by atoms with van der Waals surface area (Å²) in [5.41, 5.74) is -0.599. The number of fused-ring (bicyclic) bond motifs is 1. The van der Waals surface area contributed by atoms with Gasteiger partial charge in [0.15, 0.2) is 0 Å². The zero-order chi connectivity index (χ0) is 11.5. The largest absolute Gasteiger partial charge is 0.393 e. The predicted octanol–water partition coefficient (Wildman–Crippen LogP) is 2.33. The Morgan fingerprint density at radius 3 is 2.20 bits per heavy atom. The summed E-state index contributed by atoms with van der Waals surface area (Å²) in [6.45, 7) is 8.49. The Morgan fingerprint density at radius 1 is 1.00 bits per heavy atom. The lowest BCUT2D eigenvalue weighted by Crippen LogP contribution is -2.53. The molecule has 2 aliphatic rings. The highest BCUT2D eigenvalue weighted by Gasteiger charge is 2.61. The molecule has 2 nitrogen and oxygen atoms in total. The molecule has 4 atom stereocenters. The Labute approximate surface area is 92.7 Å². The van der Waals surface area contributed by atoms with Crippen LogP contribution in [-0.2, 0) is 0 Å². The van der Waals surface area contributed by atoms with Crippen LogP contribution in [0.3, 0.4) is 0 Å². The molecular formula is C13H24O2. The van der Waals surface area contributed by atoms with Gasteiger partial charge in [-0.15, -0.1) is 0 Å². The minimum Gasteiger partial charge on any atom is -0.393 e. The van der Waals surface area contributed by atoms with Crippen LogP contribution in [-0.4, -0.2) is 21.9 Å². The molecule has 1 unspecified atom stereocenters. The molecule has 2 saturated carbocycles. The molecule has 2 heteroatoms. The molecule has 0 radical (unpaired) electrons. The molecule has 2 rings (SSSR count). The van der Waals surface area contributed by atoms with E-state index in [-0.39, 0.29) is 16.9 Å². The van der Waals surface area contributed by atoms with Gasteiger partial charge >= 0.3 is 0 Å².